The minimum absolute atomic E-state index is 0.0716. The molecule has 0 aliphatic heterocycles. The van der Waals surface area contributed by atoms with Gasteiger partial charge in [0, 0.05) is 0 Å². The van der Waals surface area contributed by atoms with Crippen LogP contribution in [0.15, 0.2) is 12.7 Å². The van der Waals surface area contributed by atoms with Crippen LogP contribution in [0.4, 0.5) is 5.95 Å². The summed E-state index contributed by atoms with van der Waals surface area (Å²) in [6.07, 6.45) is 2.82. The summed E-state index contributed by atoms with van der Waals surface area (Å²) in [6, 6.07) is 0.142. The maximum atomic E-state index is 5.44. The number of ether oxygens (including phenoxy) is 1. The molecule has 0 fully saturated rings. The predicted molar refractivity (Wildman–Crippen MR) is 45.7 cm³/mol. The first-order chi connectivity index (χ1) is 6.79. The third-order valence-corrected chi connectivity index (χ3v) is 1.43. The maximum absolute atomic E-state index is 5.44. The number of nitrogens with zero attached hydrogens (tertiary/aromatic N) is 6. The summed E-state index contributed by atoms with van der Waals surface area (Å²) in [6.45, 7) is 0. The minimum Gasteiger partial charge on any atom is -0.467 e. The number of aromatic nitrogens is 6. The van der Waals surface area contributed by atoms with E-state index in [1.165, 1.54) is 24.4 Å². The molecule has 0 aromatic carbocycles. The zero-order valence-corrected chi connectivity index (χ0v) is 7.32. The molecule has 0 amide bonds. The van der Waals surface area contributed by atoms with Crippen LogP contribution in [-0.4, -0.2) is 36.8 Å². The molecular weight excluding hydrogens is 186 g/mol. The van der Waals surface area contributed by atoms with Gasteiger partial charge in [0.05, 0.1) is 7.11 Å². The van der Waals surface area contributed by atoms with E-state index >= 15 is 0 Å². The fourth-order valence-corrected chi connectivity index (χ4v) is 0.866. The smallest absolute Gasteiger partial charge is 0.322 e. The summed E-state index contributed by atoms with van der Waals surface area (Å²) >= 11 is 0. The molecule has 0 spiro atoms. The molecule has 2 aromatic rings. The Hall–Kier alpha value is -2.25. The van der Waals surface area contributed by atoms with Crippen molar-refractivity contribution in [2.75, 3.05) is 12.8 Å². The average molecular weight is 193 g/mol. The van der Waals surface area contributed by atoms with Gasteiger partial charge in [-0.1, -0.05) is 0 Å². The van der Waals surface area contributed by atoms with E-state index in [-0.39, 0.29) is 17.9 Å². The van der Waals surface area contributed by atoms with Gasteiger partial charge in [0.25, 0.3) is 5.95 Å². The Kier molecular flexibility index (Phi) is 1.94. The highest BCUT2D eigenvalue weighted by atomic mass is 16.5. The number of hydrogen-bond acceptors (Lipinski definition) is 7. The lowest BCUT2D eigenvalue weighted by Gasteiger charge is -2.01. The van der Waals surface area contributed by atoms with Gasteiger partial charge in [-0.2, -0.15) is 24.7 Å². The lowest BCUT2D eigenvalue weighted by molar-refractivity contribution is 0.377. The molecule has 8 heteroatoms. The summed E-state index contributed by atoms with van der Waals surface area (Å²) in [5, 5.41) is 3.84. The summed E-state index contributed by atoms with van der Waals surface area (Å²) in [5.41, 5.74) is 5.44. The molecule has 8 nitrogen and oxygen atoms in total. The summed E-state index contributed by atoms with van der Waals surface area (Å²) in [4.78, 5) is 15.3. The van der Waals surface area contributed by atoms with E-state index in [1.54, 1.807) is 0 Å². The molecule has 2 heterocycles. The first-order valence-electron chi connectivity index (χ1n) is 3.70. The van der Waals surface area contributed by atoms with E-state index in [0.717, 1.165) is 0 Å². The highest BCUT2D eigenvalue weighted by Crippen LogP contribution is 2.06. The van der Waals surface area contributed by atoms with Crippen LogP contribution in [-0.2, 0) is 0 Å². The van der Waals surface area contributed by atoms with E-state index in [9.17, 15) is 0 Å². The fourth-order valence-electron chi connectivity index (χ4n) is 0.866. The Morgan fingerprint density at radius 3 is 2.86 bits per heavy atom. The second-order valence-corrected chi connectivity index (χ2v) is 2.32. The van der Waals surface area contributed by atoms with Crippen LogP contribution in [0, 0.1) is 0 Å². The molecule has 0 saturated heterocycles. The van der Waals surface area contributed by atoms with Crippen LogP contribution in [0.2, 0.25) is 0 Å². The molecule has 0 radical (unpaired) electrons. The summed E-state index contributed by atoms with van der Waals surface area (Å²) in [5.74, 6) is 0.342. The summed E-state index contributed by atoms with van der Waals surface area (Å²) < 4.78 is 6.19. The van der Waals surface area contributed by atoms with Crippen molar-refractivity contribution in [1.82, 2.24) is 29.7 Å². The Morgan fingerprint density at radius 2 is 2.21 bits per heavy atom. The molecule has 72 valence electrons. The van der Waals surface area contributed by atoms with Crippen molar-refractivity contribution in [3.8, 4) is 12.0 Å². The van der Waals surface area contributed by atoms with Crippen molar-refractivity contribution in [3.63, 3.8) is 0 Å². The zero-order valence-electron chi connectivity index (χ0n) is 7.32. The predicted octanol–water partition coefficient (Wildman–Crippen LogP) is -0.957. The molecule has 0 aliphatic rings. The van der Waals surface area contributed by atoms with Crippen molar-refractivity contribution in [2.45, 2.75) is 0 Å². The molecule has 0 bridgehead atoms. The van der Waals surface area contributed by atoms with Gasteiger partial charge in [0.2, 0.25) is 5.95 Å². The molecule has 2 N–H and O–H groups in total. The third kappa shape index (κ3) is 1.44. The highest BCUT2D eigenvalue weighted by molar-refractivity contribution is 5.23. The van der Waals surface area contributed by atoms with E-state index in [4.69, 9.17) is 10.5 Å². The number of rotatable bonds is 2. The second kappa shape index (κ2) is 3.24. The third-order valence-electron chi connectivity index (χ3n) is 1.43. The largest absolute Gasteiger partial charge is 0.467 e. The number of anilines is 1. The molecule has 0 saturated carbocycles. The Labute approximate surface area is 78.8 Å². The van der Waals surface area contributed by atoms with Crippen molar-refractivity contribution in [3.05, 3.63) is 12.7 Å². The van der Waals surface area contributed by atoms with Crippen LogP contribution in [0.5, 0.6) is 6.01 Å². The van der Waals surface area contributed by atoms with Crippen LogP contribution in [0.3, 0.4) is 0 Å². The zero-order chi connectivity index (χ0) is 9.97. The monoisotopic (exact) mass is 193 g/mol. The number of hydrogen-bond donors (Lipinski definition) is 1. The van der Waals surface area contributed by atoms with Crippen LogP contribution >= 0.6 is 0 Å². The van der Waals surface area contributed by atoms with E-state index in [1.807, 2.05) is 0 Å². The normalized spacial score (nSPS) is 10.1. The van der Waals surface area contributed by atoms with Gasteiger partial charge in [-0.25, -0.2) is 4.98 Å². The molecule has 2 aromatic heterocycles. The Bertz CT molecular complexity index is 426. The highest BCUT2D eigenvalue weighted by Gasteiger charge is 2.06. The molecular formula is C6H7N7O. The summed E-state index contributed by atoms with van der Waals surface area (Å²) in [7, 11) is 1.44. The maximum Gasteiger partial charge on any atom is 0.322 e. The Balaban J connectivity index is 2.48. The van der Waals surface area contributed by atoms with E-state index in [2.05, 4.69) is 25.0 Å². The van der Waals surface area contributed by atoms with E-state index < -0.39 is 0 Å². The fraction of sp³-hybridized carbons (Fsp3) is 0.167. The van der Waals surface area contributed by atoms with Gasteiger partial charge in [-0.05, 0) is 0 Å². The molecule has 0 unspecified atom stereocenters. The van der Waals surface area contributed by atoms with Crippen LogP contribution < -0.4 is 10.5 Å². The van der Waals surface area contributed by atoms with Gasteiger partial charge in [-0.3, -0.25) is 0 Å². The molecule has 0 aliphatic carbocycles. The van der Waals surface area contributed by atoms with Crippen LogP contribution in [0.25, 0.3) is 5.95 Å². The number of nitrogens with two attached hydrogens (primary N) is 1. The van der Waals surface area contributed by atoms with Gasteiger partial charge < -0.3 is 10.5 Å². The number of nitrogen functional groups attached to an aromatic ring is 1. The SMILES string of the molecule is COc1nc(N)nc(-n2cncn2)n1. The lowest BCUT2D eigenvalue weighted by atomic mass is 10.8. The van der Waals surface area contributed by atoms with Crippen molar-refractivity contribution < 1.29 is 4.74 Å². The topological polar surface area (TPSA) is 105 Å². The standard InChI is InChI=1S/C6H7N7O/c1-14-6-11-4(7)10-5(12-6)13-3-8-2-9-13/h2-3H,1H3,(H2,7,10,11,12). The molecule has 2 rings (SSSR count). The van der Waals surface area contributed by atoms with Crippen molar-refractivity contribution in [1.29, 1.82) is 0 Å². The second-order valence-electron chi connectivity index (χ2n) is 2.32. The van der Waals surface area contributed by atoms with Gasteiger partial charge in [0.15, 0.2) is 0 Å². The molecule has 0 atom stereocenters. The van der Waals surface area contributed by atoms with Gasteiger partial charge in [0.1, 0.15) is 12.7 Å². The first kappa shape index (κ1) is 8.35. The number of methoxy groups -OCH3 is 1. The van der Waals surface area contributed by atoms with Crippen LogP contribution in [0.1, 0.15) is 0 Å². The quantitative estimate of drug-likeness (QED) is 0.655. The van der Waals surface area contributed by atoms with Crippen molar-refractivity contribution in [2.24, 2.45) is 0 Å². The minimum atomic E-state index is 0.0716. The lowest BCUT2D eigenvalue weighted by Crippen LogP contribution is -2.07. The van der Waals surface area contributed by atoms with Crippen molar-refractivity contribution >= 4 is 5.95 Å². The molecule has 14 heavy (non-hydrogen) atoms. The first-order valence-corrected chi connectivity index (χ1v) is 3.70. The van der Waals surface area contributed by atoms with Gasteiger partial charge in [-0.15, -0.1) is 0 Å². The Morgan fingerprint density at radius 1 is 1.36 bits per heavy atom. The average Bonchev–Trinajstić information content (AvgIpc) is 2.69. The van der Waals surface area contributed by atoms with E-state index in [0.29, 0.717) is 0 Å². The van der Waals surface area contributed by atoms with Gasteiger partial charge >= 0.3 is 6.01 Å².